The van der Waals surface area contributed by atoms with Gasteiger partial charge in [-0.2, -0.15) is 4.98 Å². The molecule has 0 aliphatic heterocycles. The number of nitro benzene ring substituents is 1. The summed E-state index contributed by atoms with van der Waals surface area (Å²) in [7, 11) is 3.95. The highest BCUT2D eigenvalue weighted by Gasteiger charge is 2.07. The van der Waals surface area contributed by atoms with Crippen molar-refractivity contribution in [1.82, 2.24) is 15.0 Å². The van der Waals surface area contributed by atoms with Crippen LogP contribution in [0.4, 0.5) is 23.0 Å². The van der Waals surface area contributed by atoms with Crippen molar-refractivity contribution < 1.29 is 4.92 Å². The third kappa shape index (κ3) is 3.86. The van der Waals surface area contributed by atoms with Crippen LogP contribution in [0.1, 0.15) is 0 Å². The van der Waals surface area contributed by atoms with Gasteiger partial charge in [0.05, 0.1) is 4.92 Å². The van der Waals surface area contributed by atoms with Gasteiger partial charge in [-0.1, -0.05) is 0 Å². The van der Waals surface area contributed by atoms with Gasteiger partial charge in [0.25, 0.3) is 5.69 Å². The van der Waals surface area contributed by atoms with Crippen LogP contribution in [0, 0.1) is 10.1 Å². The van der Waals surface area contributed by atoms with Gasteiger partial charge in [0.1, 0.15) is 6.33 Å². The maximum absolute atomic E-state index is 10.7. The summed E-state index contributed by atoms with van der Waals surface area (Å²) in [5.41, 5.74) is 2.65. The minimum absolute atomic E-state index is 0.0304. The van der Waals surface area contributed by atoms with Crippen LogP contribution in [0.25, 0.3) is 11.4 Å². The van der Waals surface area contributed by atoms with Crippen molar-refractivity contribution in [2.75, 3.05) is 24.3 Å². The molecule has 8 nitrogen and oxygen atoms in total. The molecule has 0 bridgehead atoms. The van der Waals surface area contributed by atoms with E-state index in [-0.39, 0.29) is 5.69 Å². The number of aromatic nitrogens is 3. The van der Waals surface area contributed by atoms with Crippen LogP contribution in [0.3, 0.4) is 0 Å². The molecular formula is C17H16N6O2. The highest BCUT2D eigenvalue weighted by molar-refractivity contribution is 5.62. The number of nitro groups is 1. The molecule has 1 aromatic heterocycles. The van der Waals surface area contributed by atoms with Gasteiger partial charge >= 0.3 is 0 Å². The highest BCUT2D eigenvalue weighted by atomic mass is 16.6. The monoisotopic (exact) mass is 336 g/mol. The minimum Gasteiger partial charge on any atom is -0.378 e. The number of rotatable bonds is 5. The third-order valence-electron chi connectivity index (χ3n) is 3.55. The molecule has 0 saturated heterocycles. The molecule has 0 spiro atoms. The Morgan fingerprint density at radius 3 is 2.28 bits per heavy atom. The molecule has 3 rings (SSSR count). The average Bonchev–Trinajstić information content (AvgIpc) is 2.62. The fraction of sp³-hybridized carbons (Fsp3) is 0.118. The molecule has 126 valence electrons. The van der Waals surface area contributed by atoms with Gasteiger partial charge in [-0.15, -0.1) is 0 Å². The Bertz CT molecular complexity index is 878. The second-order valence-corrected chi connectivity index (χ2v) is 5.50. The van der Waals surface area contributed by atoms with Crippen LogP contribution in [0.15, 0.2) is 54.9 Å². The summed E-state index contributed by atoms with van der Waals surface area (Å²) in [4.78, 5) is 24.9. The Labute approximate surface area is 144 Å². The highest BCUT2D eigenvalue weighted by Crippen LogP contribution is 2.21. The summed E-state index contributed by atoms with van der Waals surface area (Å²) in [6.45, 7) is 0. The molecule has 0 radical (unpaired) electrons. The minimum atomic E-state index is -0.442. The lowest BCUT2D eigenvalue weighted by Crippen LogP contribution is -2.08. The van der Waals surface area contributed by atoms with E-state index in [9.17, 15) is 10.1 Å². The van der Waals surface area contributed by atoms with Crippen LogP contribution < -0.4 is 10.2 Å². The molecule has 0 aliphatic rings. The standard InChI is InChI=1S/C17H16N6O2/c1-22(2)14-7-3-12(4-8-14)16-18-11-19-17(21-16)20-13-5-9-15(10-6-13)23(24)25/h3-11H,1-2H3,(H,18,19,20,21). The lowest BCUT2D eigenvalue weighted by atomic mass is 10.2. The van der Waals surface area contributed by atoms with E-state index in [1.165, 1.54) is 18.5 Å². The second-order valence-electron chi connectivity index (χ2n) is 5.50. The van der Waals surface area contributed by atoms with Crippen molar-refractivity contribution in [3.05, 3.63) is 65.0 Å². The topological polar surface area (TPSA) is 97.1 Å². The first-order chi connectivity index (χ1) is 12.0. The smallest absolute Gasteiger partial charge is 0.269 e. The molecule has 0 fully saturated rings. The quantitative estimate of drug-likeness (QED) is 0.564. The summed E-state index contributed by atoms with van der Waals surface area (Å²) < 4.78 is 0. The van der Waals surface area contributed by atoms with Gasteiger partial charge in [-0.05, 0) is 36.4 Å². The SMILES string of the molecule is CN(C)c1ccc(-c2ncnc(Nc3ccc([N+](=O)[O-])cc3)n2)cc1. The molecule has 0 unspecified atom stereocenters. The number of hydrogen-bond donors (Lipinski definition) is 1. The zero-order chi connectivity index (χ0) is 17.8. The first-order valence-electron chi connectivity index (χ1n) is 7.51. The van der Waals surface area contributed by atoms with Crippen LogP contribution >= 0.6 is 0 Å². The summed E-state index contributed by atoms with van der Waals surface area (Å²) >= 11 is 0. The van der Waals surface area contributed by atoms with Crippen molar-refractivity contribution in [3.63, 3.8) is 0 Å². The predicted octanol–water partition coefficient (Wildman–Crippen LogP) is 3.26. The molecule has 25 heavy (non-hydrogen) atoms. The summed E-state index contributed by atoms with van der Waals surface area (Å²) in [6, 6.07) is 13.9. The van der Waals surface area contributed by atoms with Gasteiger partial charge in [0, 0.05) is 43.2 Å². The lowest BCUT2D eigenvalue weighted by molar-refractivity contribution is -0.384. The van der Waals surface area contributed by atoms with E-state index in [2.05, 4.69) is 20.3 Å². The molecule has 1 N–H and O–H groups in total. The fourth-order valence-corrected chi connectivity index (χ4v) is 2.20. The van der Waals surface area contributed by atoms with Crippen LogP contribution in [0.2, 0.25) is 0 Å². The number of nitrogens with zero attached hydrogens (tertiary/aromatic N) is 5. The molecular weight excluding hydrogens is 320 g/mol. The fourth-order valence-electron chi connectivity index (χ4n) is 2.20. The van der Waals surface area contributed by atoms with Crippen molar-refractivity contribution >= 4 is 23.0 Å². The van der Waals surface area contributed by atoms with E-state index in [4.69, 9.17) is 0 Å². The third-order valence-corrected chi connectivity index (χ3v) is 3.55. The lowest BCUT2D eigenvalue weighted by Gasteiger charge is -2.12. The molecule has 0 atom stereocenters. The Kier molecular flexibility index (Phi) is 4.51. The van der Waals surface area contributed by atoms with Gasteiger partial charge < -0.3 is 10.2 Å². The normalized spacial score (nSPS) is 10.3. The van der Waals surface area contributed by atoms with Crippen LogP contribution in [-0.4, -0.2) is 34.0 Å². The van der Waals surface area contributed by atoms with E-state index >= 15 is 0 Å². The van der Waals surface area contributed by atoms with Crippen LogP contribution in [-0.2, 0) is 0 Å². The predicted molar refractivity (Wildman–Crippen MR) is 96.0 cm³/mol. The van der Waals surface area contributed by atoms with Gasteiger partial charge in [0.2, 0.25) is 5.95 Å². The Morgan fingerprint density at radius 1 is 1.00 bits per heavy atom. The molecule has 3 aromatic rings. The van der Waals surface area contributed by atoms with E-state index in [1.54, 1.807) is 12.1 Å². The summed E-state index contributed by atoms with van der Waals surface area (Å²) in [5, 5.41) is 13.7. The molecule has 0 aliphatic carbocycles. The van der Waals surface area contributed by atoms with Crippen molar-refractivity contribution in [1.29, 1.82) is 0 Å². The molecule has 0 saturated carbocycles. The molecule has 1 heterocycles. The summed E-state index contributed by atoms with van der Waals surface area (Å²) in [5.74, 6) is 0.917. The van der Waals surface area contributed by atoms with Gasteiger partial charge in [-0.3, -0.25) is 10.1 Å². The maximum Gasteiger partial charge on any atom is 0.269 e. The number of non-ortho nitro benzene ring substituents is 1. The zero-order valence-corrected chi connectivity index (χ0v) is 13.7. The number of benzene rings is 2. The van der Waals surface area contributed by atoms with E-state index in [0.717, 1.165) is 11.3 Å². The molecule has 0 amide bonds. The number of hydrogen-bond acceptors (Lipinski definition) is 7. The largest absolute Gasteiger partial charge is 0.378 e. The van der Waals surface area contributed by atoms with Crippen molar-refractivity contribution in [3.8, 4) is 11.4 Å². The number of nitrogens with one attached hydrogen (secondary N) is 1. The first-order valence-corrected chi connectivity index (χ1v) is 7.51. The van der Waals surface area contributed by atoms with Gasteiger partial charge in [0.15, 0.2) is 5.82 Å². The average molecular weight is 336 g/mol. The zero-order valence-electron chi connectivity index (χ0n) is 13.7. The van der Waals surface area contributed by atoms with Gasteiger partial charge in [-0.25, -0.2) is 9.97 Å². The Morgan fingerprint density at radius 2 is 1.68 bits per heavy atom. The van der Waals surface area contributed by atoms with E-state index in [0.29, 0.717) is 17.5 Å². The maximum atomic E-state index is 10.7. The van der Waals surface area contributed by atoms with Crippen LogP contribution in [0.5, 0.6) is 0 Å². The van der Waals surface area contributed by atoms with E-state index < -0.39 is 4.92 Å². The summed E-state index contributed by atoms with van der Waals surface area (Å²) in [6.07, 6.45) is 1.43. The first kappa shape index (κ1) is 16.3. The number of anilines is 3. The second kappa shape index (κ2) is 6.91. The molecule has 8 heteroatoms. The molecule has 2 aromatic carbocycles. The Hall–Kier alpha value is -3.55. The van der Waals surface area contributed by atoms with Crippen molar-refractivity contribution in [2.24, 2.45) is 0 Å². The van der Waals surface area contributed by atoms with E-state index in [1.807, 2.05) is 43.3 Å². The van der Waals surface area contributed by atoms with Crippen molar-refractivity contribution in [2.45, 2.75) is 0 Å². The Balaban J connectivity index is 1.80.